The molecule has 0 aliphatic rings. The van der Waals surface area contributed by atoms with Crippen molar-refractivity contribution in [3.05, 3.63) is 71.7 Å². The van der Waals surface area contributed by atoms with E-state index in [1.165, 1.54) is 0 Å². The van der Waals surface area contributed by atoms with Crippen molar-refractivity contribution in [2.75, 3.05) is 0 Å². The monoisotopic (exact) mass is 305 g/mol. The van der Waals surface area contributed by atoms with Crippen LogP contribution >= 0.6 is 0 Å². The predicted molar refractivity (Wildman–Crippen MR) is 85.4 cm³/mol. The molecule has 6 nitrogen and oxygen atoms in total. The van der Waals surface area contributed by atoms with Gasteiger partial charge < -0.3 is 15.0 Å². The van der Waals surface area contributed by atoms with E-state index in [1.807, 2.05) is 47.1 Å². The van der Waals surface area contributed by atoms with E-state index in [1.54, 1.807) is 12.1 Å². The number of benzene rings is 1. The number of carbonyl (C=O) groups is 1. The lowest BCUT2D eigenvalue weighted by Gasteiger charge is -2.06. The normalized spacial score (nSPS) is 10.2. The van der Waals surface area contributed by atoms with Crippen LogP contribution in [0.15, 0.2) is 54.9 Å². The smallest absolute Gasteiger partial charge is 0.315 e. The molecule has 3 aromatic rings. The highest BCUT2D eigenvalue weighted by atomic mass is 16.2. The van der Waals surface area contributed by atoms with Crippen molar-refractivity contribution >= 4 is 11.7 Å². The summed E-state index contributed by atoms with van der Waals surface area (Å²) >= 11 is 0. The van der Waals surface area contributed by atoms with Crippen molar-refractivity contribution in [3.8, 4) is 6.07 Å². The SMILES string of the molecule is N#Cc1ccc(CNC(=O)NCc2cn3ccccc3n2)cc1. The van der Waals surface area contributed by atoms with Gasteiger partial charge in [-0.2, -0.15) is 5.26 Å². The zero-order chi connectivity index (χ0) is 16.1. The molecular formula is C17H15N5O. The molecule has 0 unspecified atom stereocenters. The highest BCUT2D eigenvalue weighted by Gasteiger charge is 2.04. The van der Waals surface area contributed by atoms with Gasteiger partial charge in [-0.1, -0.05) is 18.2 Å². The molecule has 2 N–H and O–H groups in total. The topological polar surface area (TPSA) is 82.2 Å². The number of amides is 2. The maximum absolute atomic E-state index is 11.8. The average Bonchev–Trinajstić information content (AvgIpc) is 3.01. The third kappa shape index (κ3) is 3.66. The molecule has 2 aromatic heterocycles. The van der Waals surface area contributed by atoms with E-state index in [4.69, 9.17) is 5.26 Å². The molecule has 0 spiro atoms. The number of imidazole rings is 1. The number of rotatable bonds is 4. The van der Waals surface area contributed by atoms with Crippen molar-refractivity contribution in [3.63, 3.8) is 0 Å². The largest absolute Gasteiger partial charge is 0.334 e. The molecule has 114 valence electrons. The van der Waals surface area contributed by atoms with Gasteiger partial charge in [0, 0.05) is 18.9 Å². The minimum Gasteiger partial charge on any atom is -0.334 e. The standard InChI is InChI=1S/C17H15N5O/c18-9-13-4-6-14(7-5-13)10-19-17(23)20-11-15-12-22-8-2-1-3-16(22)21-15/h1-8,12H,10-11H2,(H2,19,20,23). The number of fused-ring (bicyclic) bond motifs is 1. The molecule has 0 aliphatic carbocycles. The number of nitrogens with one attached hydrogen (secondary N) is 2. The highest BCUT2D eigenvalue weighted by molar-refractivity contribution is 5.73. The molecule has 6 heteroatoms. The Hall–Kier alpha value is -3.33. The van der Waals surface area contributed by atoms with Crippen LogP contribution in [0.4, 0.5) is 4.79 Å². The molecule has 0 bridgehead atoms. The summed E-state index contributed by atoms with van der Waals surface area (Å²) in [4.78, 5) is 16.2. The van der Waals surface area contributed by atoms with E-state index in [9.17, 15) is 4.79 Å². The number of nitrogens with zero attached hydrogens (tertiary/aromatic N) is 3. The summed E-state index contributed by atoms with van der Waals surface area (Å²) in [6.07, 6.45) is 3.80. The Bertz CT molecular complexity index is 828. The van der Waals surface area contributed by atoms with Gasteiger partial charge in [-0.3, -0.25) is 0 Å². The fourth-order valence-corrected chi connectivity index (χ4v) is 2.19. The summed E-state index contributed by atoms with van der Waals surface area (Å²) in [7, 11) is 0. The third-order valence-corrected chi connectivity index (χ3v) is 3.38. The molecule has 0 saturated heterocycles. The van der Waals surface area contributed by atoms with Crippen LogP contribution in [-0.2, 0) is 13.1 Å². The molecule has 23 heavy (non-hydrogen) atoms. The Kier molecular flexibility index (Phi) is 4.20. The van der Waals surface area contributed by atoms with Gasteiger partial charge in [-0.25, -0.2) is 9.78 Å². The van der Waals surface area contributed by atoms with Gasteiger partial charge in [0.15, 0.2) is 0 Å². The van der Waals surface area contributed by atoms with E-state index in [2.05, 4.69) is 21.7 Å². The number of urea groups is 1. The summed E-state index contributed by atoms with van der Waals surface area (Å²) < 4.78 is 1.91. The minimum atomic E-state index is -0.258. The van der Waals surface area contributed by atoms with Crippen molar-refractivity contribution in [2.24, 2.45) is 0 Å². The molecule has 2 heterocycles. The second-order valence-corrected chi connectivity index (χ2v) is 5.04. The van der Waals surface area contributed by atoms with E-state index < -0.39 is 0 Å². The van der Waals surface area contributed by atoms with Crippen LogP contribution in [0, 0.1) is 11.3 Å². The maximum atomic E-state index is 11.8. The van der Waals surface area contributed by atoms with Crippen molar-refractivity contribution in [2.45, 2.75) is 13.1 Å². The van der Waals surface area contributed by atoms with Gasteiger partial charge >= 0.3 is 6.03 Å². The first-order valence-corrected chi connectivity index (χ1v) is 7.18. The van der Waals surface area contributed by atoms with E-state index in [0.717, 1.165) is 16.9 Å². The zero-order valence-electron chi connectivity index (χ0n) is 12.4. The molecular weight excluding hydrogens is 290 g/mol. The highest BCUT2D eigenvalue weighted by Crippen LogP contribution is 2.04. The second kappa shape index (κ2) is 6.62. The number of pyridine rings is 1. The fourth-order valence-electron chi connectivity index (χ4n) is 2.19. The first-order valence-electron chi connectivity index (χ1n) is 7.18. The summed E-state index contributed by atoms with van der Waals surface area (Å²) in [5, 5.41) is 14.3. The molecule has 0 atom stereocenters. The zero-order valence-corrected chi connectivity index (χ0v) is 12.4. The Morgan fingerprint density at radius 2 is 1.91 bits per heavy atom. The third-order valence-electron chi connectivity index (χ3n) is 3.38. The van der Waals surface area contributed by atoms with Crippen LogP contribution in [0.25, 0.3) is 5.65 Å². The van der Waals surface area contributed by atoms with E-state index in [0.29, 0.717) is 18.7 Å². The van der Waals surface area contributed by atoms with Crippen LogP contribution in [0.1, 0.15) is 16.8 Å². The van der Waals surface area contributed by atoms with Gasteiger partial charge in [0.05, 0.1) is 23.9 Å². The average molecular weight is 305 g/mol. The quantitative estimate of drug-likeness (QED) is 0.775. The molecule has 0 saturated carbocycles. The molecule has 2 amide bonds. The Labute approximate surface area is 133 Å². The van der Waals surface area contributed by atoms with E-state index in [-0.39, 0.29) is 6.03 Å². The van der Waals surface area contributed by atoms with Gasteiger partial charge in [-0.15, -0.1) is 0 Å². The van der Waals surface area contributed by atoms with Crippen molar-refractivity contribution in [1.29, 1.82) is 5.26 Å². The molecule has 0 fully saturated rings. The lowest BCUT2D eigenvalue weighted by molar-refractivity contribution is 0.240. The van der Waals surface area contributed by atoms with Crippen molar-refractivity contribution in [1.82, 2.24) is 20.0 Å². The minimum absolute atomic E-state index is 0.258. The Morgan fingerprint density at radius 3 is 2.65 bits per heavy atom. The number of hydrogen-bond donors (Lipinski definition) is 2. The molecule has 1 aromatic carbocycles. The molecule has 3 rings (SSSR count). The summed E-state index contributed by atoms with van der Waals surface area (Å²) in [6, 6.07) is 14.7. The predicted octanol–water partition coefficient (Wildman–Crippen LogP) is 2.21. The lowest BCUT2D eigenvalue weighted by Crippen LogP contribution is -2.34. The number of aromatic nitrogens is 2. The fraction of sp³-hybridized carbons (Fsp3) is 0.118. The van der Waals surface area contributed by atoms with Crippen LogP contribution < -0.4 is 10.6 Å². The summed E-state index contributed by atoms with van der Waals surface area (Å²) in [6.45, 7) is 0.767. The van der Waals surface area contributed by atoms with Crippen LogP contribution in [-0.4, -0.2) is 15.4 Å². The summed E-state index contributed by atoms with van der Waals surface area (Å²) in [5.74, 6) is 0. The lowest BCUT2D eigenvalue weighted by atomic mass is 10.1. The van der Waals surface area contributed by atoms with Gasteiger partial charge in [0.25, 0.3) is 0 Å². The Balaban J connectivity index is 1.50. The first-order chi connectivity index (χ1) is 11.2. The first kappa shape index (κ1) is 14.6. The number of carbonyl (C=O) groups excluding carboxylic acids is 1. The van der Waals surface area contributed by atoms with Gasteiger partial charge in [0.2, 0.25) is 0 Å². The van der Waals surface area contributed by atoms with Crippen LogP contribution in [0.3, 0.4) is 0 Å². The summed E-state index contributed by atoms with van der Waals surface area (Å²) in [5.41, 5.74) is 3.18. The Morgan fingerprint density at radius 1 is 1.13 bits per heavy atom. The number of hydrogen-bond acceptors (Lipinski definition) is 3. The maximum Gasteiger partial charge on any atom is 0.315 e. The molecule has 0 aliphatic heterocycles. The van der Waals surface area contributed by atoms with Crippen LogP contribution in [0.5, 0.6) is 0 Å². The number of nitriles is 1. The second-order valence-electron chi connectivity index (χ2n) is 5.04. The van der Waals surface area contributed by atoms with Crippen molar-refractivity contribution < 1.29 is 4.79 Å². The van der Waals surface area contributed by atoms with Gasteiger partial charge in [0.1, 0.15) is 5.65 Å². The van der Waals surface area contributed by atoms with E-state index >= 15 is 0 Å². The van der Waals surface area contributed by atoms with Gasteiger partial charge in [-0.05, 0) is 29.8 Å². The van der Waals surface area contributed by atoms with Crippen LogP contribution in [0.2, 0.25) is 0 Å². The molecule has 0 radical (unpaired) electrons.